The van der Waals surface area contributed by atoms with E-state index in [1.54, 1.807) is 6.92 Å². The lowest BCUT2D eigenvalue weighted by molar-refractivity contribution is 0.664. The molecule has 0 amide bonds. The van der Waals surface area contributed by atoms with Gasteiger partial charge in [-0.2, -0.15) is 0 Å². The molecule has 58 valence electrons. The Morgan fingerprint density at radius 3 is 2.60 bits per heavy atom. The van der Waals surface area contributed by atoms with Gasteiger partial charge in [-0.15, -0.1) is 0 Å². The number of rotatable bonds is 3. The van der Waals surface area contributed by atoms with E-state index in [-0.39, 0.29) is 5.70 Å². The third-order valence-corrected chi connectivity index (χ3v) is 1.07. The zero-order chi connectivity index (χ0) is 7.98. The number of hydrogen-bond donors (Lipinski definition) is 1. The van der Waals surface area contributed by atoms with Crippen molar-refractivity contribution in [1.82, 2.24) is 0 Å². The van der Waals surface area contributed by atoms with Crippen LogP contribution < -0.4 is 5.73 Å². The van der Waals surface area contributed by atoms with Gasteiger partial charge in [0.05, 0.1) is 6.21 Å². The van der Waals surface area contributed by atoms with Crippen LogP contribution in [0.3, 0.4) is 0 Å². The summed E-state index contributed by atoms with van der Waals surface area (Å²) < 4.78 is 12.6. The largest absolute Gasteiger partial charge is 0.400 e. The maximum absolute atomic E-state index is 12.6. The Balaban J connectivity index is 4.04. The van der Waals surface area contributed by atoms with Gasteiger partial charge in [0.25, 0.3) is 0 Å². The fourth-order valence-corrected chi connectivity index (χ4v) is 0.423. The van der Waals surface area contributed by atoms with Gasteiger partial charge in [0, 0.05) is 12.2 Å². The summed E-state index contributed by atoms with van der Waals surface area (Å²) in [6, 6.07) is 0. The van der Waals surface area contributed by atoms with Crippen LogP contribution in [0.25, 0.3) is 0 Å². The van der Waals surface area contributed by atoms with Gasteiger partial charge in [0.15, 0.2) is 5.83 Å². The highest BCUT2D eigenvalue weighted by Gasteiger charge is 1.94. The molecule has 0 aliphatic rings. The Morgan fingerprint density at radius 2 is 2.20 bits per heavy atom. The van der Waals surface area contributed by atoms with E-state index in [0.29, 0.717) is 13.0 Å². The lowest BCUT2D eigenvalue weighted by Gasteiger charge is -1.93. The van der Waals surface area contributed by atoms with E-state index in [4.69, 9.17) is 5.73 Å². The zero-order valence-electron chi connectivity index (χ0n) is 6.39. The van der Waals surface area contributed by atoms with Gasteiger partial charge in [-0.05, 0) is 13.3 Å². The minimum Gasteiger partial charge on any atom is -0.400 e. The van der Waals surface area contributed by atoms with Crippen molar-refractivity contribution in [3.05, 3.63) is 11.5 Å². The minimum absolute atomic E-state index is 0.261. The third kappa shape index (κ3) is 3.22. The van der Waals surface area contributed by atoms with Crippen molar-refractivity contribution in [3.63, 3.8) is 0 Å². The predicted molar refractivity (Wildman–Crippen MR) is 41.6 cm³/mol. The molecule has 0 radical (unpaired) electrons. The van der Waals surface area contributed by atoms with Gasteiger partial charge in [-0.3, -0.25) is 4.99 Å². The number of aliphatic imine (C=N–C) groups is 1. The van der Waals surface area contributed by atoms with Crippen LogP contribution >= 0.6 is 0 Å². The molecule has 0 heterocycles. The molecule has 0 aromatic heterocycles. The van der Waals surface area contributed by atoms with Crippen molar-refractivity contribution >= 4 is 6.21 Å². The van der Waals surface area contributed by atoms with E-state index in [9.17, 15) is 4.39 Å². The molecule has 0 fully saturated rings. The van der Waals surface area contributed by atoms with Gasteiger partial charge in [0.1, 0.15) is 0 Å². The SMILES string of the molecule is CC/N=C\C(F)=C(\N)CC. The summed E-state index contributed by atoms with van der Waals surface area (Å²) in [5, 5.41) is 0. The van der Waals surface area contributed by atoms with E-state index >= 15 is 0 Å². The second-order valence-corrected chi connectivity index (χ2v) is 1.85. The van der Waals surface area contributed by atoms with Gasteiger partial charge < -0.3 is 5.73 Å². The second-order valence-electron chi connectivity index (χ2n) is 1.85. The van der Waals surface area contributed by atoms with Crippen LogP contribution in [0.1, 0.15) is 20.3 Å². The summed E-state index contributed by atoms with van der Waals surface area (Å²) in [5.41, 5.74) is 5.53. The highest BCUT2D eigenvalue weighted by Crippen LogP contribution is 2.00. The van der Waals surface area contributed by atoms with Crippen molar-refractivity contribution < 1.29 is 4.39 Å². The summed E-state index contributed by atoms with van der Waals surface area (Å²) >= 11 is 0. The molecule has 0 spiro atoms. The van der Waals surface area contributed by atoms with Gasteiger partial charge >= 0.3 is 0 Å². The first-order valence-corrected chi connectivity index (χ1v) is 3.36. The fraction of sp³-hybridized carbons (Fsp3) is 0.571. The number of halogens is 1. The molecule has 3 heteroatoms. The summed E-state index contributed by atoms with van der Waals surface area (Å²) in [5.74, 6) is -0.413. The summed E-state index contributed by atoms with van der Waals surface area (Å²) in [7, 11) is 0. The van der Waals surface area contributed by atoms with Crippen molar-refractivity contribution in [2.45, 2.75) is 20.3 Å². The average molecular weight is 144 g/mol. The highest BCUT2D eigenvalue weighted by molar-refractivity contribution is 5.76. The molecule has 0 rings (SSSR count). The number of nitrogens with zero attached hydrogens (tertiary/aromatic N) is 1. The predicted octanol–water partition coefficient (Wildman–Crippen LogP) is 1.63. The van der Waals surface area contributed by atoms with Gasteiger partial charge in [-0.1, -0.05) is 6.92 Å². The quantitative estimate of drug-likeness (QED) is 0.600. The second kappa shape index (κ2) is 4.97. The Bertz CT molecular complexity index is 150. The average Bonchev–Trinajstić information content (AvgIpc) is 1.98. The topological polar surface area (TPSA) is 38.4 Å². The Kier molecular flexibility index (Phi) is 4.54. The smallest absolute Gasteiger partial charge is 0.159 e. The molecule has 0 saturated heterocycles. The molecule has 10 heavy (non-hydrogen) atoms. The Morgan fingerprint density at radius 1 is 1.60 bits per heavy atom. The van der Waals surface area contributed by atoms with Gasteiger partial charge in [0.2, 0.25) is 0 Å². The van der Waals surface area contributed by atoms with Crippen LogP contribution in [0, 0.1) is 0 Å². The Labute approximate surface area is 60.6 Å². The van der Waals surface area contributed by atoms with Crippen LogP contribution in [0.15, 0.2) is 16.5 Å². The molecule has 2 nitrogen and oxygen atoms in total. The van der Waals surface area contributed by atoms with Crippen molar-refractivity contribution in [3.8, 4) is 0 Å². The van der Waals surface area contributed by atoms with Crippen molar-refractivity contribution in [1.29, 1.82) is 0 Å². The van der Waals surface area contributed by atoms with Crippen molar-refractivity contribution in [2.75, 3.05) is 6.54 Å². The first-order chi connectivity index (χ1) is 4.72. The van der Waals surface area contributed by atoms with Crippen molar-refractivity contribution in [2.24, 2.45) is 10.7 Å². The molecule has 0 saturated carbocycles. The number of hydrogen-bond acceptors (Lipinski definition) is 2. The summed E-state index contributed by atoms with van der Waals surface area (Å²) in [4.78, 5) is 3.70. The first-order valence-electron chi connectivity index (χ1n) is 3.36. The number of allylic oxidation sites excluding steroid dienone is 2. The van der Waals surface area contributed by atoms with Crippen LogP contribution in [-0.2, 0) is 0 Å². The highest BCUT2D eigenvalue weighted by atomic mass is 19.1. The molecule has 0 atom stereocenters. The molecule has 0 aliphatic carbocycles. The van der Waals surface area contributed by atoms with Crippen LogP contribution in [-0.4, -0.2) is 12.8 Å². The monoisotopic (exact) mass is 144 g/mol. The lowest BCUT2D eigenvalue weighted by Crippen LogP contribution is -1.99. The lowest BCUT2D eigenvalue weighted by atomic mass is 10.3. The molecular weight excluding hydrogens is 131 g/mol. The van der Waals surface area contributed by atoms with Crippen LogP contribution in [0.5, 0.6) is 0 Å². The van der Waals surface area contributed by atoms with Gasteiger partial charge in [-0.25, -0.2) is 4.39 Å². The molecule has 0 aliphatic heterocycles. The van der Waals surface area contributed by atoms with E-state index in [1.807, 2.05) is 6.92 Å². The minimum atomic E-state index is -0.413. The first kappa shape index (κ1) is 9.14. The maximum Gasteiger partial charge on any atom is 0.159 e. The summed E-state index contributed by atoms with van der Waals surface area (Å²) in [6.45, 7) is 4.23. The maximum atomic E-state index is 12.6. The molecule has 0 aromatic carbocycles. The molecule has 0 aromatic rings. The van der Waals surface area contributed by atoms with E-state index in [2.05, 4.69) is 4.99 Å². The Hall–Kier alpha value is -0.860. The normalized spacial score (nSPS) is 13.9. The van der Waals surface area contributed by atoms with E-state index < -0.39 is 5.83 Å². The van der Waals surface area contributed by atoms with E-state index in [0.717, 1.165) is 0 Å². The van der Waals surface area contributed by atoms with E-state index in [1.165, 1.54) is 6.21 Å². The number of nitrogens with two attached hydrogens (primary N) is 1. The molecule has 2 N–H and O–H groups in total. The molecular formula is C7H13FN2. The van der Waals surface area contributed by atoms with Crippen LogP contribution in [0.4, 0.5) is 4.39 Å². The molecule has 0 unspecified atom stereocenters. The fourth-order valence-electron chi connectivity index (χ4n) is 0.423. The van der Waals surface area contributed by atoms with Crippen LogP contribution in [0.2, 0.25) is 0 Å². The standard InChI is InChI=1S/C7H13FN2/c1-3-7(9)6(8)5-10-4-2/h5H,3-4,9H2,1-2H3/b7-6-,10-5-. The molecule has 0 bridgehead atoms. The summed E-state index contributed by atoms with van der Waals surface area (Å²) in [6.07, 6.45) is 1.69. The zero-order valence-corrected chi connectivity index (χ0v) is 6.39. The third-order valence-electron chi connectivity index (χ3n) is 1.07.